The van der Waals surface area contributed by atoms with E-state index in [4.69, 9.17) is 0 Å². The third kappa shape index (κ3) is 3.43. The van der Waals surface area contributed by atoms with Crippen LogP contribution in [-0.4, -0.2) is 45.9 Å². The minimum Gasteiger partial charge on any atom is -0.336 e. The molecular formula is C22H27N3OS. The first kappa shape index (κ1) is 17.4. The molecule has 5 rings (SSSR count). The lowest BCUT2D eigenvalue weighted by molar-refractivity contribution is -0.152. The van der Waals surface area contributed by atoms with E-state index in [1.807, 2.05) is 11.7 Å². The van der Waals surface area contributed by atoms with E-state index in [2.05, 4.69) is 45.1 Å². The summed E-state index contributed by atoms with van der Waals surface area (Å²) in [6.07, 6.45) is 7.27. The molecule has 0 spiro atoms. The van der Waals surface area contributed by atoms with Gasteiger partial charge in [-0.2, -0.15) is 0 Å². The number of piperidine rings is 3. The molecule has 3 aliphatic rings. The van der Waals surface area contributed by atoms with Crippen molar-refractivity contribution in [3.05, 3.63) is 52.5 Å². The molecule has 3 aliphatic heterocycles. The van der Waals surface area contributed by atoms with Crippen molar-refractivity contribution in [3.8, 4) is 0 Å². The maximum absolute atomic E-state index is 12.9. The summed E-state index contributed by atoms with van der Waals surface area (Å²) in [5.74, 6) is 1.61. The third-order valence-electron chi connectivity index (χ3n) is 6.72. The highest BCUT2D eigenvalue weighted by atomic mass is 32.1. The number of aromatic nitrogens is 1. The van der Waals surface area contributed by atoms with Crippen LogP contribution >= 0.6 is 11.3 Å². The number of thiazole rings is 1. The number of benzene rings is 1. The largest absolute Gasteiger partial charge is 0.336 e. The van der Waals surface area contributed by atoms with Crippen molar-refractivity contribution in [2.24, 2.45) is 11.8 Å². The maximum Gasteiger partial charge on any atom is 0.223 e. The van der Waals surface area contributed by atoms with Crippen LogP contribution in [0, 0.1) is 11.8 Å². The highest BCUT2D eigenvalue weighted by molar-refractivity contribution is 7.09. The number of nitrogens with zero attached hydrogens (tertiary/aromatic N) is 3. The Kier molecular flexibility index (Phi) is 4.74. The van der Waals surface area contributed by atoms with Crippen molar-refractivity contribution in [1.82, 2.24) is 14.8 Å². The molecule has 0 saturated carbocycles. The molecule has 4 atom stereocenters. The molecule has 1 amide bonds. The summed E-state index contributed by atoms with van der Waals surface area (Å²) in [7, 11) is 0. The number of fused-ring (bicyclic) bond motifs is 4. The molecule has 2 aromatic rings. The van der Waals surface area contributed by atoms with Gasteiger partial charge in [-0.1, -0.05) is 30.3 Å². The van der Waals surface area contributed by atoms with Crippen molar-refractivity contribution < 1.29 is 4.79 Å². The normalized spacial score (nSPS) is 31.0. The van der Waals surface area contributed by atoms with E-state index >= 15 is 0 Å². The van der Waals surface area contributed by atoms with E-state index in [0.717, 1.165) is 38.9 Å². The fraction of sp³-hybridized carbons (Fsp3) is 0.545. The van der Waals surface area contributed by atoms with Crippen molar-refractivity contribution >= 4 is 17.2 Å². The monoisotopic (exact) mass is 381 g/mol. The molecule has 1 aromatic heterocycles. The lowest BCUT2D eigenvalue weighted by Gasteiger charge is -2.56. The molecule has 4 nitrogen and oxygen atoms in total. The van der Waals surface area contributed by atoms with E-state index in [1.54, 1.807) is 11.3 Å². The Morgan fingerprint density at radius 3 is 2.81 bits per heavy atom. The van der Waals surface area contributed by atoms with Gasteiger partial charge in [0.1, 0.15) is 0 Å². The molecular weight excluding hydrogens is 354 g/mol. The van der Waals surface area contributed by atoms with Crippen LogP contribution in [0.1, 0.15) is 36.1 Å². The predicted molar refractivity (Wildman–Crippen MR) is 107 cm³/mol. The average Bonchev–Trinajstić information content (AvgIpc) is 3.19. The fourth-order valence-corrected chi connectivity index (χ4v) is 6.30. The number of likely N-dealkylation sites (tertiary alicyclic amines) is 1. The van der Waals surface area contributed by atoms with E-state index < -0.39 is 0 Å². The number of carbonyl (C=O) groups is 1. The summed E-state index contributed by atoms with van der Waals surface area (Å²) in [4.78, 5) is 23.5. The molecule has 3 fully saturated rings. The molecule has 5 heteroatoms. The number of amides is 1. The molecule has 0 N–H and O–H groups in total. The van der Waals surface area contributed by atoms with Crippen molar-refractivity contribution in [2.45, 2.75) is 50.7 Å². The van der Waals surface area contributed by atoms with Gasteiger partial charge in [0.15, 0.2) is 0 Å². The van der Waals surface area contributed by atoms with Crippen molar-refractivity contribution in [3.63, 3.8) is 0 Å². The molecule has 4 heterocycles. The van der Waals surface area contributed by atoms with Crippen LogP contribution in [0.2, 0.25) is 0 Å². The van der Waals surface area contributed by atoms with Gasteiger partial charge >= 0.3 is 0 Å². The van der Waals surface area contributed by atoms with Gasteiger partial charge < -0.3 is 4.90 Å². The Bertz CT molecular complexity index is 778. The highest BCUT2D eigenvalue weighted by Crippen LogP contribution is 2.42. The number of hydrogen-bond donors (Lipinski definition) is 0. The summed E-state index contributed by atoms with van der Waals surface area (Å²) >= 11 is 1.75. The van der Waals surface area contributed by atoms with Gasteiger partial charge in [0.05, 0.1) is 5.51 Å². The number of hydrogen-bond acceptors (Lipinski definition) is 4. The Labute approximate surface area is 165 Å². The van der Waals surface area contributed by atoms with E-state index in [-0.39, 0.29) is 0 Å². The fourth-order valence-electron chi connectivity index (χ4n) is 5.66. The third-order valence-corrected chi connectivity index (χ3v) is 7.49. The zero-order valence-electron chi connectivity index (χ0n) is 15.7. The van der Waals surface area contributed by atoms with Crippen molar-refractivity contribution in [1.29, 1.82) is 0 Å². The number of rotatable bonds is 4. The molecule has 0 aliphatic carbocycles. The summed E-state index contributed by atoms with van der Waals surface area (Å²) in [5, 5.41) is 0. The lowest BCUT2D eigenvalue weighted by Crippen LogP contribution is -2.65. The van der Waals surface area contributed by atoms with Crippen LogP contribution in [0.25, 0.3) is 0 Å². The van der Waals surface area contributed by atoms with Gasteiger partial charge in [0, 0.05) is 49.2 Å². The van der Waals surface area contributed by atoms with Gasteiger partial charge in [-0.3, -0.25) is 14.7 Å². The molecule has 1 aromatic carbocycles. The van der Waals surface area contributed by atoms with Crippen LogP contribution in [0.4, 0.5) is 0 Å². The standard InChI is InChI=1S/C22H27N3OS/c26-22-8-4-7-20-17-10-18(13-24(12-17)14-19-11-23-15-27-19)21(25(20)22)9-16-5-2-1-3-6-16/h1-3,5-6,11,15,17-18,20-21H,4,7-10,12-14H2/t17-,18+,20+,21+/m1/s1. The second-order valence-electron chi connectivity index (χ2n) is 8.44. The SMILES string of the molecule is O=C1CCC[C@H]2[C@@H]3C[C@@H](CN(Cc4cncs4)C3)[C@H](Cc3ccccc3)N12. The summed E-state index contributed by atoms with van der Waals surface area (Å²) < 4.78 is 0. The molecule has 3 saturated heterocycles. The molecule has 27 heavy (non-hydrogen) atoms. The average molecular weight is 382 g/mol. The minimum absolute atomic E-state index is 0.353. The van der Waals surface area contributed by atoms with Crippen molar-refractivity contribution in [2.75, 3.05) is 13.1 Å². The molecule has 2 bridgehead atoms. The zero-order chi connectivity index (χ0) is 18.2. The van der Waals surface area contributed by atoms with Crippen LogP contribution in [0.15, 0.2) is 42.0 Å². The highest BCUT2D eigenvalue weighted by Gasteiger charge is 2.49. The zero-order valence-corrected chi connectivity index (χ0v) is 16.5. The quantitative estimate of drug-likeness (QED) is 0.812. The smallest absolute Gasteiger partial charge is 0.223 e. The van der Waals surface area contributed by atoms with Gasteiger partial charge in [0.2, 0.25) is 5.91 Å². The first-order valence-corrected chi connectivity index (χ1v) is 11.1. The summed E-state index contributed by atoms with van der Waals surface area (Å²) in [5.41, 5.74) is 3.29. The maximum atomic E-state index is 12.9. The second kappa shape index (κ2) is 7.36. The van der Waals surface area contributed by atoms with Crippen LogP contribution in [0.3, 0.4) is 0 Å². The van der Waals surface area contributed by atoms with Crippen LogP contribution in [0.5, 0.6) is 0 Å². The van der Waals surface area contributed by atoms with Gasteiger partial charge in [-0.25, -0.2) is 0 Å². The lowest BCUT2D eigenvalue weighted by atomic mass is 9.71. The molecule has 0 unspecified atom stereocenters. The topological polar surface area (TPSA) is 36.4 Å². The van der Waals surface area contributed by atoms with Crippen LogP contribution in [-0.2, 0) is 17.8 Å². The van der Waals surface area contributed by atoms with E-state index in [1.165, 1.54) is 23.3 Å². The number of carbonyl (C=O) groups excluding carboxylic acids is 1. The van der Waals surface area contributed by atoms with Crippen LogP contribution < -0.4 is 0 Å². The van der Waals surface area contributed by atoms with E-state index in [0.29, 0.717) is 29.8 Å². The summed E-state index contributed by atoms with van der Waals surface area (Å²) in [6.45, 7) is 3.24. The second-order valence-corrected chi connectivity index (χ2v) is 9.41. The summed E-state index contributed by atoms with van der Waals surface area (Å²) in [6, 6.07) is 11.5. The van der Waals surface area contributed by atoms with Gasteiger partial charge in [-0.05, 0) is 43.1 Å². The Morgan fingerprint density at radius 1 is 1.15 bits per heavy atom. The van der Waals surface area contributed by atoms with E-state index in [9.17, 15) is 4.79 Å². The minimum atomic E-state index is 0.353. The Hall–Kier alpha value is -1.72. The first-order chi connectivity index (χ1) is 13.3. The Morgan fingerprint density at radius 2 is 2.00 bits per heavy atom. The van der Waals surface area contributed by atoms with Gasteiger partial charge in [-0.15, -0.1) is 11.3 Å². The predicted octanol–water partition coefficient (Wildman–Crippen LogP) is 3.59. The first-order valence-electron chi connectivity index (χ1n) is 10.2. The molecule has 142 valence electrons. The Balaban J connectivity index is 1.41. The van der Waals surface area contributed by atoms with Gasteiger partial charge in [0.25, 0.3) is 0 Å². The molecule has 0 radical (unpaired) electrons.